The minimum Gasteiger partial charge on any atom is -0.497 e. The Hall–Kier alpha value is -3.56. The van der Waals surface area contributed by atoms with Crippen molar-refractivity contribution in [1.82, 2.24) is 15.0 Å². The normalized spacial score (nSPS) is 10.6. The van der Waals surface area contributed by atoms with Crippen molar-refractivity contribution >= 4 is 39.8 Å². The monoisotopic (exact) mass is 497 g/mol. The van der Waals surface area contributed by atoms with Gasteiger partial charge in [-0.15, -0.1) is 0 Å². The van der Waals surface area contributed by atoms with Gasteiger partial charge in [0.15, 0.2) is 22.4 Å². The molecule has 0 aliphatic rings. The maximum atomic E-state index is 6.32. The molecule has 10 heteroatoms. The van der Waals surface area contributed by atoms with Gasteiger partial charge in [0.25, 0.3) is 0 Å². The van der Waals surface area contributed by atoms with Gasteiger partial charge < -0.3 is 19.5 Å². The molecule has 8 nitrogen and oxygen atoms in total. The van der Waals surface area contributed by atoms with Crippen molar-refractivity contribution in [2.75, 3.05) is 32.0 Å². The maximum absolute atomic E-state index is 6.32. The van der Waals surface area contributed by atoms with Crippen LogP contribution in [-0.2, 0) is 6.54 Å². The van der Waals surface area contributed by atoms with Crippen molar-refractivity contribution in [2.45, 2.75) is 13.5 Å². The number of anilines is 3. The van der Waals surface area contributed by atoms with E-state index in [1.165, 1.54) is 11.3 Å². The molecular weight excluding hydrogens is 474 g/mol. The van der Waals surface area contributed by atoms with Crippen LogP contribution in [0, 0.1) is 6.92 Å². The summed E-state index contributed by atoms with van der Waals surface area (Å²) in [6.07, 6.45) is 1.55. The third-order valence-corrected chi connectivity index (χ3v) is 6.42. The Balaban J connectivity index is 1.48. The molecule has 2 N–H and O–H groups in total. The van der Waals surface area contributed by atoms with Crippen molar-refractivity contribution < 1.29 is 14.2 Å². The smallest absolute Gasteiger partial charge is 0.231 e. The fraction of sp³-hybridized carbons (Fsp3) is 0.208. The molecule has 2 aromatic carbocycles. The van der Waals surface area contributed by atoms with E-state index in [4.69, 9.17) is 25.8 Å². The lowest BCUT2D eigenvalue weighted by molar-refractivity contribution is 0.354. The number of methoxy groups -OCH3 is 3. The van der Waals surface area contributed by atoms with E-state index >= 15 is 0 Å². The molecule has 0 fully saturated rings. The van der Waals surface area contributed by atoms with Gasteiger partial charge in [-0.1, -0.05) is 29.0 Å². The minimum absolute atomic E-state index is 0.397. The average Bonchev–Trinajstić information content (AvgIpc) is 3.23. The lowest BCUT2D eigenvalue weighted by atomic mass is 10.1. The predicted octanol–water partition coefficient (Wildman–Crippen LogP) is 5.94. The second-order valence-corrected chi connectivity index (χ2v) is 8.63. The number of aromatic nitrogens is 3. The molecule has 0 aliphatic carbocycles. The van der Waals surface area contributed by atoms with E-state index in [1.807, 2.05) is 49.4 Å². The van der Waals surface area contributed by atoms with E-state index in [0.29, 0.717) is 40.0 Å². The predicted molar refractivity (Wildman–Crippen MR) is 136 cm³/mol. The molecular formula is C24H24ClN5O3S. The zero-order valence-corrected chi connectivity index (χ0v) is 20.8. The number of nitrogens with zero attached hydrogens (tertiary/aromatic N) is 3. The number of aryl methyl sites for hydroxylation is 1. The lowest BCUT2D eigenvalue weighted by Gasteiger charge is -2.12. The Bertz CT molecular complexity index is 1280. The fourth-order valence-electron chi connectivity index (χ4n) is 3.28. The van der Waals surface area contributed by atoms with Crippen LogP contribution in [0.1, 0.15) is 11.3 Å². The Labute approximate surface area is 206 Å². The summed E-state index contributed by atoms with van der Waals surface area (Å²) >= 11 is 7.85. The number of ether oxygens (including phenoxy) is 3. The van der Waals surface area contributed by atoms with Gasteiger partial charge in [-0.25, -0.2) is 9.97 Å². The van der Waals surface area contributed by atoms with Crippen molar-refractivity contribution in [1.29, 1.82) is 0 Å². The standard InChI is InChI=1S/C24H24ClN5O3S/c1-14-21(16-6-8-17(31-2)9-7-16)34-24(28-14)30-23-27-13-18(25)22(29-23)26-12-15-5-10-19(32-3)20(11-15)33-4/h5-11,13H,12H2,1-4H3,(H2,26,27,28,29,30). The van der Waals surface area contributed by atoms with Gasteiger partial charge in [0.1, 0.15) is 10.8 Å². The molecule has 176 valence electrons. The van der Waals surface area contributed by atoms with Crippen LogP contribution < -0.4 is 24.8 Å². The van der Waals surface area contributed by atoms with Crippen molar-refractivity contribution in [3.05, 3.63) is 64.9 Å². The number of nitrogens with one attached hydrogen (secondary N) is 2. The summed E-state index contributed by atoms with van der Waals surface area (Å²) < 4.78 is 15.9. The quantitative estimate of drug-likeness (QED) is 0.293. The van der Waals surface area contributed by atoms with Gasteiger partial charge in [0, 0.05) is 6.54 Å². The molecule has 2 aromatic heterocycles. The van der Waals surface area contributed by atoms with Crippen LogP contribution in [0.4, 0.5) is 16.9 Å². The zero-order chi connectivity index (χ0) is 24.1. The van der Waals surface area contributed by atoms with E-state index in [2.05, 4.69) is 25.6 Å². The molecule has 2 heterocycles. The molecule has 4 aromatic rings. The molecule has 0 spiro atoms. The number of halogens is 1. The first kappa shape index (κ1) is 23.6. The van der Waals surface area contributed by atoms with Gasteiger partial charge in [0.05, 0.1) is 38.1 Å². The highest BCUT2D eigenvalue weighted by atomic mass is 35.5. The summed E-state index contributed by atoms with van der Waals surface area (Å²) in [6.45, 7) is 2.47. The summed E-state index contributed by atoms with van der Waals surface area (Å²) in [5.41, 5.74) is 2.97. The molecule has 0 atom stereocenters. The number of thiazole rings is 1. The Kier molecular flexibility index (Phi) is 7.34. The zero-order valence-electron chi connectivity index (χ0n) is 19.2. The molecule has 0 saturated heterocycles. The van der Waals surface area contributed by atoms with Gasteiger partial charge in [0.2, 0.25) is 5.95 Å². The van der Waals surface area contributed by atoms with Crippen LogP contribution in [-0.4, -0.2) is 36.3 Å². The number of rotatable bonds is 9. The van der Waals surface area contributed by atoms with E-state index in [0.717, 1.165) is 27.4 Å². The topological polar surface area (TPSA) is 90.4 Å². The summed E-state index contributed by atoms with van der Waals surface area (Å²) in [5, 5.41) is 7.54. The molecule has 0 amide bonds. The fourth-order valence-corrected chi connectivity index (χ4v) is 4.41. The first-order valence-corrected chi connectivity index (χ1v) is 11.6. The summed E-state index contributed by atoms with van der Waals surface area (Å²) in [5.74, 6) is 3.05. The Morgan fingerprint density at radius 3 is 2.41 bits per heavy atom. The molecule has 0 unspecified atom stereocenters. The highest BCUT2D eigenvalue weighted by molar-refractivity contribution is 7.19. The largest absolute Gasteiger partial charge is 0.497 e. The lowest BCUT2D eigenvalue weighted by Crippen LogP contribution is -2.05. The highest BCUT2D eigenvalue weighted by Gasteiger charge is 2.13. The average molecular weight is 498 g/mol. The van der Waals surface area contributed by atoms with E-state index < -0.39 is 0 Å². The Morgan fingerprint density at radius 1 is 0.941 bits per heavy atom. The number of benzene rings is 2. The van der Waals surface area contributed by atoms with E-state index in [1.54, 1.807) is 27.5 Å². The van der Waals surface area contributed by atoms with Crippen LogP contribution in [0.3, 0.4) is 0 Å². The van der Waals surface area contributed by atoms with Gasteiger partial charge >= 0.3 is 0 Å². The number of hydrogen-bond donors (Lipinski definition) is 2. The molecule has 0 radical (unpaired) electrons. The second-order valence-electron chi connectivity index (χ2n) is 7.22. The molecule has 34 heavy (non-hydrogen) atoms. The van der Waals surface area contributed by atoms with E-state index in [9.17, 15) is 0 Å². The first-order valence-electron chi connectivity index (χ1n) is 10.4. The van der Waals surface area contributed by atoms with E-state index in [-0.39, 0.29) is 0 Å². The SMILES string of the molecule is COc1ccc(-c2sc(Nc3ncc(Cl)c(NCc4ccc(OC)c(OC)c4)n3)nc2C)cc1. The summed E-state index contributed by atoms with van der Waals surface area (Å²) in [7, 11) is 4.86. The van der Waals surface area contributed by atoms with Crippen LogP contribution in [0.25, 0.3) is 10.4 Å². The van der Waals surface area contributed by atoms with Crippen molar-refractivity contribution in [3.63, 3.8) is 0 Å². The molecule has 0 saturated carbocycles. The third-order valence-electron chi connectivity index (χ3n) is 5.02. The first-order chi connectivity index (χ1) is 16.5. The van der Waals surface area contributed by atoms with Gasteiger partial charge in [-0.3, -0.25) is 5.32 Å². The van der Waals surface area contributed by atoms with Crippen LogP contribution >= 0.6 is 22.9 Å². The van der Waals surface area contributed by atoms with Crippen LogP contribution in [0.5, 0.6) is 17.2 Å². The maximum Gasteiger partial charge on any atom is 0.231 e. The van der Waals surface area contributed by atoms with Gasteiger partial charge in [-0.05, 0) is 54.4 Å². The molecule has 4 rings (SSSR count). The van der Waals surface area contributed by atoms with Crippen molar-refractivity contribution in [2.24, 2.45) is 0 Å². The van der Waals surface area contributed by atoms with Crippen molar-refractivity contribution in [3.8, 4) is 27.7 Å². The van der Waals surface area contributed by atoms with Crippen LogP contribution in [0.15, 0.2) is 48.7 Å². The Morgan fingerprint density at radius 2 is 1.71 bits per heavy atom. The minimum atomic E-state index is 0.397. The van der Waals surface area contributed by atoms with Crippen LogP contribution in [0.2, 0.25) is 5.02 Å². The molecule has 0 aliphatic heterocycles. The molecule has 0 bridgehead atoms. The van der Waals surface area contributed by atoms with Gasteiger partial charge in [-0.2, -0.15) is 4.98 Å². The number of hydrogen-bond acceptors (Lipinski definition) is 9. The third kappa shape index (κ3) is 5.32. The second kappa shape index (κ2) is 10.6. The summed E-state index contributed by atoms with van der Waals surface area (Å²) in [6, 6.07) is 13.6. The highest BCUT2D eigenvalue weighted by Crippen LogP contribution is 2.35. The summed E-state index contributed by atoms with van der Waals surface area (Å²) in [4.78, 5) is 14.5.